The number of thiazole rings is 1. The van der Waals surface area contributed by atoms with Crippen LogP contribution in [0.2, 0.25) is 0 Å². The summed E-state index contributed by atoms with van der Waals surface area (Å²) in [7, 11) is 0. The average Bonchev–Trinajstić information content (AvgIpc) is 2.83. The fourth-order valence-electron chi connectivity index (χ4n) is 1.66. The molecular formula is C14H20N2O4S. The van der Waals surface area contributed by atoms with Gasteiger partial charge >= 0.3 is 5.97 Å². The molecule has 0 bridgehead atoms. The highest BCUT2D eigenvalue weighted by atomic mass is 32.1. The highest BCUT2D eigenvalue weighted by Crippen LogP contribution is 2.10. The van der Waals surface area contributed by atoms with E-state index < -0.39 is 12.0 Å². The number of nitrogens with one attached hydrogen (secondary N) is 1. The van der Waals surface area contributed by atoms with Crippen LogP contribution in [-0.2, 0) is 20.7 Å². The van der Waals surface area contributed by atoms with E-state index in [2.05, 4.69) is 16.9 Å². The van der Waals surface area contributed by atoms with Crippen LogP contribution in [0.3, 0.4) is 0 Å². The molecule has 1 atom stereocenters. The second-order valence-electron chi connectivity index (χ2n) is 4.50. The molecule has 0 radical (unpaired) electrons. The van der Waals surface area contributed by atoms with Crippen molar-refractivity contribution in [1.82, 2.24) is 10.3 Å². The number of nitrogens with zero attached hydrogens (tertiary/aromatic N) is 1. The molecule has 0 fully saturated rings. The van der Waals surface area contributed by atoms with Crippen molar-refractivity contribution in [3.63, 3.8) is 0 Å². The molecule has 116 valence electrons. The summed E-state index contributed by atoms with van der Waals surface area (Å²) in [5.41, 5.74) is 0.967. The molecule has 0 aliphatic heterocycles. The molecule has 0 spiro atoms. The third-order valence-electron chi connectivity index (χ3n) is 2.66. The topological polar surface area (TPSA) is 88.5 Å². The molecule has 7 heteroatoms. The highest BCUT2D eigenvalue weighted by Gasteiger charge is 2.19. The maximum atomic E-state index is 11.7. The molecule has 0 aromatic carbocycles. The zero-order valence-electron chi connectivity index (χ0n) is 12.0. The zero-order valence-corrected chi connectivity index (χ0v) is 12.8. The summed E-state index contributed by atoms with van der Waals surface area (Å²) in [5, 5.41) is 14.4. The van der Waals surface area contributed by atoms with Crippen LogP contribution in [0, 0.1) is 6.92 Å². The number of aliphatic carboxylic acids is 1. The van der Waals surface area contributed by atoms with Crippen molar-refractivity contribution in [2.75, 3.05) is 13.2 Å². The lowest BCUT2D eigenvalue weighted by molar-refractivity contribution is -0.143. The monoisotopic (exact) mass is 312 g/mol. The normalized spacial score (nSPS) is 11.9. The lowest BCUT2D eigenvalue weighted by Crippen LogP contribution is -2.44. The summed E-state index contributed by atoms with van der Waals surface area (Å²) in [6, 6.07) is -1.03. The van der Waals surface area contributed by atoms with Crippen molar-refractivity contribution >= 4 is 23.2 Å². The summed E-state index contributed by atoms with van der Waals surface area (Å²) in [4.78, 5) is 27.0. The molecule has 1 rings (SSSR count). The van der Waals surface area contributed by atoms with Crippen molar-refractivity contribution < 1.29 is 19.4 Å². The predicted octanol–water partition coefficient (Wildman–Crippen LogP) is 1.55. The Bertz CT molecular complexity index is 487. The van der Waals surface area contributed by atoms with E-state index in [0.717, 1.165) is 10.7 Å². The highest BCUT2D eigenvalue weighted by molar-refractivity contribution is 7.09. The Hall–Kier alpha value is -1.73. The fraction of sp³-hybridized carbons (Fsp3) is 0.500. The smallest absolute Gasteiger partial charge is 0.328 e. The Kier molecular flexibility index (Phi) is 7.63. The van der Waals surface area contributed by atoms with Crippen LogP contribution in [0.1, 0.15) is 23.5 Å². The number of aryl methyl sites for hydroxylation is 2. The van der Waals surface area contributed by atoms with Crippen molar-refractivity contribution in [2.45, 2.75) is 32.2 Å². The molecule has 0 aliphatic rings. The molecule has 2 N–H and O–H groups in total. The fourth-order valence-corrected chi connectivity index (χ4v) is 2.31. The largest absolute Gasteiger partial charge is 0.480 e. The van der Waals surface area contributed by atoms with Gasteiger partial charge in [0.25, 0.3) is 0 Å². The first-order chi connectivity index (χ1) is 10.0. The van der Waals surface area contributed by atoms with E-state index in [9.17, 15) is 9.59 Å². The van der Waals surface area contributed by atoms with Crippen LogP contribution in [0.25, 0.3) is 0 Å². The van der Waals surface area contributed by atoms with E-state index in [4.69, 9.17) is 9.84 Å². The molecule has 0 saturated carbocycles. The minimum absolute atomic E-state index is 0.0711. The first kappa shape index (κ1) is 17.3. The first-order valence-electron chi connectivity index (χ1n) is 6.64. The lowest BCUT2D eigenvalue weighted by atomic mass is 10.2. The minimum atomic E-state index is -1.11. The molecule has 6 nitrogen and oxygen atoms in total. The van der Waals surface area contributed by atoms with Gasteiger partial charge in [-0.3, -0.25) is 4.79 Å². The average molecular weight is 312 g/mol. The van der Waals surface area contributed by atoms with Gasteiger partial charge in [-0.2, -0.15) is 0 Å². The van der Waals surface area contributed by atoms with Crippen molar-refractivity contribution in [3.05, 3.63) is 28.7 Å². The summed E-state index contributed by atoms with van der Waals surface area (Å²) < 4.78 is 5.06. The van der Waals surface area contributed by atoms with E-state index in [1.165, 1.54) is 6.08 Å². The van der Waals surface area contributed by atoms with Crippen molar-refractivity contribution in [2.24, 2.45) is 0 Å². The Labute approximate surface area is 127 Å². The third-order valence-corrected chi connectivity index (χ3v) is 3.48. The number of rotatable bonds is 10. The standard InChI is InChI=1S/C14H20N2O4S/c1-3-7-20-8-12(14(18)19)16-13(17)6-4-5-11-9-21-10(2)15-11/h3,9,12H,1,4-8H2,2H3,(H,16,17)(H,18,19). The van der Waals surface area contributed by atoms with Crippen LogP contribution < -0.4 is 5.32 Å². The molecular weight excluding hydrogens is 292 g/mol. The summed E-state index contributed by atoms with van der Waals surface area (Å²) >= 11 is 1.58. The molecule has 1 amide bonds. The minimum Gasteiger partial charge on any atom is -0.480 e. The second-order valence-corrected chi connectivity index (χ2v) is 5.56. The van der Waals surface area contributed by atoms with Crippen LogP contribution in [0.15, 0.2) is 18.0 Å². The summed E-state index contributed by atoms with van der Waals surface area (Å²) in [6.07, 6.45) is 3.13. The second kappa shape index (κ2) is 9.25. The van der Waals surface area contributed by atoms with Crippen molar-refractivity contribution in [3.8, 4) is 0 Å². The van der Waals surface area contributed by atoms with E-state index >= 15 is 0 Å². The molecule has 1 heterocycles. The summed E-state index contributed by atoms with van der Waals surface area (Å²) in [5.74, 6) is -1.40. The Balaban J connectivity index is 2.29. The number of carboxylic acid groups (broad SMARTS) is 1. The van der Waals surface area contributed by atoms with E-state index in [0.29, 0.717) is 12.8 Å². The Morgan fingerprint density at radius 2 is 2.38 bits per heavy atom. The number of carboxylic acids is 1. The van der Waals surface area contributed by atoms with Crippen LogP contribution in [0.5, 0.6) is 0 Å². The molecule has 0 saturated heterocycles. The number of hydrogen-bond acceptors (Lipinski definition) is 5. The molecule has 21 heavy (non-hydrogen) atoms. The number of carbonyl (C=O) groups is 2. The van der Waals surface area contributed by atoms with Gasteiger partial charge in [-0.1, -0.05) is 6.08 Å². The van der Waals surface area contributed by atoms with Gasteiger partial charge in [-0.25, -0.2) is 9.78 Å². The molecule has 1 unspecified atom stereocenters. The van der Waals surface area contributed by atoms with Gasteiger partial charge in [0.05, 0.1) is 23.9 Å². The Morgan fingerprint density at radius 1 is 1.62 bits per heavy atom. The van der Waals surface area contributed by atoms with Gasteiger partial charge in [0.1, 0.15) is 0 Å². The third kappa shape index (κ3) is 7.01. The number of hydrogen-bond donors (Lipinski definition) is 2. The Morgan fingerprint density at radius 3 is 2.95 bits per heavy atom. The van der Waals surface area contributed by atoms with Crippen LogP contribution >= 0.6 is 11.3 Å². The lowest BCUT2D eigenvalue weighted by Gasteiger charge is -2.14. The number of amides is 1. The number of carbonyl (C=O) groups excluding carboxylic acids is 1. The van der Waals surface area contributed by atoms with Gasteiger partial charge in [0, 0.05) is 11.8 Å². The van der Waals surface area contributed by atoms with Gasteiger partial charge in [-0.05, 0) is 19.8 Å². The first-order valence-corrected chi connectivity index (χ1v) is 7.52. The van der Waals surface area contributed by atoms with E-state index in [1.54, 1.807) is 11.3 Å². The molecule has 1 aromatic rings. The van der Waals surface area contributed by atoms with Crippen molar-refractivity contribution in [1.29, 1.82) is 0 Å². The SMILES string of the molecule is C=CCOCC(NC(=O)CCCc1csc(C)n1)C(=O)O. The predicted molar refractivity (Wildman–Crippen MR) is 80.4 cm³/mol. The maximum Gasteiger partial charge on any atom is 0.328 e. The van der Waals surface area contributed by atoms with Gasteiger partial charge < -0.3 is 15.2 Å². The van der Waals surface area contributed by atoms with Gasteiger partial charge in [-0.15, -0.1) is 17.9 Å². The van der Waals surface area contributed by atoms with Crippen LogP contribution in [0.4, 0.5) is 0 Å². The molecule has 0 aliphatic carbocycles. The quantitative estimate of drug-likeness (QED) is 0.505. The number of aromatic nitrogens is 1. The number of ether oxygens (including phenoxy) is 1. The summed E-state index contributed by atoms with van der Waals surface area (Å²) in [6.45, 7) is 5.58. The van der Waals surface area contributed by atoms with Crippen LogP contribution in [-0.4, -0.2) is 41.2 Å². The van der Waals surface area contributed by atoms with Gasteiger partial charge in [0.15, 0.2) is 6.04 Å². The van der Waals surface area contributed by atoms with E-state index in [-0.39, 0.29) is 25.5 Å². The maximum absolute atomic E-state index is 11.7. The van der Waals surface area contributed by atoms with E-state index in [1.807, 2.05) is 12.3 Å². The van der Waals surface area contributed by atoms with Gasteiger partial charge in [0.2, 0.25) is 5.91 Å². The molecule has 1 aromatic heterocycles. The zero-order chi connectivity index (χ0) is 15.7.